The molecule has 0 amide bonds. The molecular formula is C18H22O. The van der Waals surface area contributed by atoms with Crippen molar-refractivity contribution in [3.05, 3.63) is 70.8 Å². The van der Waals surface area contributed by atoms with Crippen molar-refractivity contribution in [1.82, 2.24) is 0 Å². The minimum Gasteiger partial charge on any atom is -0.385 e. The molecule has 2 rings (SSSR count). The summed E-state index contributed by atoms with van der Waals surface area (Å²) in [7, 11) is 0. The van der Waals surface area contributed by atoms with Gasteiger partial charge < -0.3 is 5.11 Å². The second kappa shape index (κ2) is 5.58. The van der Waals surface area contributed by atoms with Crippen LogP contribution in [0, 0.1) is 13.8 Å². The number of aryl methyl sites for hydroxylation is 2. The van der Waals surface area contributed by atoms with Crippen LogP contribution in [-0.4, -0.2) is 5.11 Å². The van der Waals surface area contributed by atoms with Crippen molar-refractivity contribution < 1.29 is 5.11 Å². The topological polar surface area (TPSA) is 20.2 Å². The molecule has 0 aromatic heterocycles. The molecule has 1 atom stereocenters. The van der Waals surface area contributed by atoms with Crippen molar-refractivity contribution in [2.24, 2.45) is 0 Å². The molecule has 0 spiro atoms. The molecule has 0 saturated heterocycles. The molecule has 0 saturated carbocycles. The molecular weight excluding hydrogens is 232 g/mol. The van der Waals surface area contributed by atoms with Crippen LogP contribution in [0.2, 0.25) is 0 Å². The molecule has 0 heterocycles. The molecule has 2 aromatic carbocycles. The van der Waals surface area contributed by atoms with E-state index in [1.54, 1.807) is 0 Å². The van der Waals surface area contributed by atoms with Crippen LogP contribution >= 0.6 is 0 Å². The lowest BCUT2D eigenvalue weighted by Gasteiger charge is -2.28. The van der Waals surface area contributed by atoms with Crippen LogP contribution in [0.25, 0.3) is 0 Å². The summed E-state index contributed by atoms with van der Waals surface area (Å²) in [5, 5.41) is 11.0. The van der Waals surface area contributed by atoms with E-state index in [9.17, 15) is 5.11 Å². The Labute approximate surface area is 115 Å². The molecule has 1 N–H and O–H groups in total. The Bertz CT molecular complexity index is 545. The molecule has 100 valence electrons. The molecule has 0 bridgehead atoms. The van der Waals surface area contributed by atoms with Gasteiger partial charge in [-0.25, -0.2) is 0 Å². The summed E-state index contributed by atoms with van der Waals surface area (Å²) in [4.78, 5) is 0. The maximum Gasteiger partial charge on any atom is 0.0934 e. The van der Waals surface area contributed by atoms with E-state index < -0.39 is 5.60 Å². The third-order valence-corrected chi connectivity index (χ3v) is 3.97. The van der Waals surface area contributed by atoms with Crippen LogP contribution in [-0.2, 0) is 12.0 Å². The molecule has 1 heteroatoms. The zero-order chi connectivity index (χ0) is 13.9. The first-order valence-corrected chi connectivity index (χ1v) is 6.89. The van der Waals surface area contributed by atoms with E-state index in [1.807, 2.05) is 25.1 Å². The molecule has 0 radical (unpaired) electrons. The third kappa shape index (κ3) is 3.05. The standard InChI is InChI=1S/C18H22O/c1-4-18(19,13-16-8-6-5-7-9-16)17-11-10-14(2)15(3)12-17/h5-12,19H,4,13H2,1-3H3. The molecule has 1 unspecified atom stereocenters. The second-order valence-corrected chi connectivity index (χ2v) is 5.35. The van der Waals surface area contributed by atoms with Crippen molar-refractivity contribution in [3.8, 4) is 0 Å². The molecule has 0 aliphatic carbocycles. The first-order valence-electron chi connectivity index (χ1n) is 6.89. The van der Waals surface area contributed by atoms with E-state index in [4.69, 9.17) is 0 Å². The summed E-state index contributed by atoms with van der Waals surface area (Å²) in [6, 6.07) is 16.4. The summed E-state index contributed by atoms with van der Waals surface area (Å²) >= 11 is 0. The van der Waals surface area contributed by atoms with Gasteiger partial charge in [0.2, 0.25) is 0 Å². The summed E-state index contributed by atoms with van der Waals surface area (Å²) in [5.74, 6) is 0. The highest BCUT2D eigenvalue weighted by atomic mass is 16.3. The molecule has 0 aliphatic heterocycles. The Kier molecular flexibility index (Phi) is 4.06. The fourth-order valence-corrected chi connectivity index (χ4v) is 2.40. The fraction of sp³-hybridized carbons (Fsp3) is 0.333. The average molecular weight is 254 g/mol. The van der Waals surface area contributed by atoms with E-state index in [0.717, 1.165) is 5.56 Å². The minimum absolute atomic E-state index is 0.660. The zero-order valence-corrected chi connectivity index (χ0v) is 12.0. The first-order chi connectivity index (χ1) is 9.05. The third-order valence-electron chi connectivity index (χ3n) is 3.97. The highest BCUT2D eigenvalue weighted by Crippen LogP contribution is 2.30. The van der Waals surface area contributed by atoms with Crippen molar-refractivity contribution in [2.75, 3.05) is 0 Å². The van der Waals surface area contributed by atoms with Crippen LogP contribution in [0.4, 0.5) is 0 Å². The van der Waals surface area contributed by atoms with Crippen molar-refractivity contribution >= 4 is 0 Å². The van der Waals surface area contributed by atoms with Crippen molar-refractivity contribution in [3.63, 3.8) is 0 Å². The minimum atomic E-state index is -0.778. The largest absolute Gasteiger partial charge is 0.385 e. The van der Waals surface area contributed by atoms with Gasteiger partial charge in [0.25, 0.3) is 0 Å². The van der Waals surface area contributed by atoms with Crippen LogP contribution in [0.15, 0.2) is 48.5 Å². The number of benzene rings is 2. The Hall–Kier alpha value is -1.60. The summed E-state index contributed by atoms with van der Waals surface area (Å²) < 4.78 is 0. The van der Waals surface area contributed by atoms with E-state index in [-0.39, 0.29) is 0 Å². The van der Waals surface area contributed by atoms with Gasteiger partial charge in [0.15, 0.2) is 0 Å². The van der Waals surface area contributed by atoms with Gasteiger partial charge >= 0.3 is 0 Å². The molecule has 0 fully saturated rings. The van der Waals surface area contributed by atoms with Gasteiger partial charge in [-0.1, -0.05) is 55.5 Å². The van der Waals surface area contributed by atoms with Crippen molar-refractivity contribution in [1.29, 1.82) is 0 Å². The van der Waals surface area contributed by atoms with E-state index >= 15 is 0 Å². The van der Waals surface area contributed by atoms with Gasteiger partial charge in [-0.05, 0) is 42.5 Å². The Morgan fingerprint density at radius 2 is 1.63 bits per heavy atom. The predicted molar refractivity (Wildman–Crippen MR) is 80.2 cm³/mol. The van der Waals surface area contributed by atoms with Gasteiger partial charge in [0.05, 0.1) is 5.60 Å². The normalized spacial score (nSPS) is 14.1. The Morgan fingerprint density at radius 3 is 2.21 bits per heavy atom. The van der Waals surface area contributed by atoms with Gasteiger partial charge in [-0.15, -0.1) is 0 Å². The number of aliphatic hydroxyl groups is 1. The Balaban J connectivity index is 2.33. The highest BCUT2D eigenvalue weighted by Gasteiger charge is 2.27. The van der Waals surface area contributed by atoms with Crippen LogP contribution in [0.5, 0.6) is 0 Å². The maximum absolute atomic E-state index is 11.0. The van der Waals surface area contributed by atoms with Gasteiger partial charge in [-0.2, -0.15) is 0 Å². The van der Waals surface area contributed by atoms with Crippen LogP contribution in [0.1, 0.15) is 35.6 Å². The fourth-order valence-electron chi connectivity index (χ4n) is 2.40. The van der Waals surface area contributed by atoms with Crippen LogP contribution in [0.3, 0.4) is 0 Å². The molecule has 1 nitrogen and oxygen atoms in total. The summed E-state index contributed by atoms with van der Waals surface area (Å²) in [6.45, 7) is 6.23. The first kappa shape index (κ1) is 13.8. The maximum atomic E-state index is 11.0. The number of hydrogen-bond acceptors (Lipinski definition) is 1. The summed E-state index contributed by atoms with van der Waals surface area (Å²) in [6.07, 6.45) is 1.37. The highest BCUT2D eigenvalue weighted by molar-refractivity contribution is 5.34. The SMILES string of the molecule is CCC(O)(Cc1ccccc1)c1ccc(C)c(C)c1. The second-order valence-electron chi connectivity index (χ2n) is 5.35. The lowest BCUT2D eigenvalue weighted by Crippen LogP contribution is -2.27. The van der Waals surface area contributed by atoms with Gasteiger partial charge in [0, 0.05) is 6.42 Å². The monoisotopic (exact) mass is 254 g/mol. The van der Waals surface area contributed by atoms with E-state index in [1.165, 1.54) is 16.7 Å². The smallest absolute Gasteiger partial charge is 0.0934 e. The number of rotatable bonds is 4. The van der Waals surface area contributed by atoms with Gasteiger partial charge in [0.1, 0.15) is 0 Å². The Morgan fingerprint density at radius 1 is 0.947 bits per heavy atom. The predicted octanol–water partition coefficient (Wildman–Crippen LogP) is 4.14. The molecule has 0 aliphatic rings. The van der Waals surface area contributed by atoms with E-state index in [0.29, 0.717) is 12.8 Å². The summed E-state index contributed by atoms with van der Waals surface area (Å²) in [5.41, 5.74) is 3.91. The molecule has 2 aromatic rings. The lowest BCUT2D eigenvalue weighted by molar-refractivity contribution is 0.0326. The quantitative estimate of drug-likeness (QED) is 0.869. The number of hydrogen-bond donors (Lipinski definition) is 1. The van der Waals surface area contributed by atoms with Crippen molar-refractivity contribution in [2.45, 2.75) is 39.2 Å². The average Bonchev–Trinajstić information content (AvgIpc) is 2.43. The van der Waals surface area contributed by atoms with Gasteiger partial charge in [-0.3, -0.25) is 0 Å². The molecule has 19 heavy (non-hydrogen) atoms. The van der Waals surface area contributed by atoms with E-state index in [2.05, 4.69) is 44.2 Å². The van der Waals surface area contributed by atoms with Crippen LogP contribution < -0.4 is 0 Å². The lowest BCUT2D eigenvalue weighted by atomic mass is 9.84. The zero-order valence-electron chi connectivity index (χ0n) is 12.0.